The van der Waals surface area contributed by atoms with Gasteiger partial charge in [0.2, 0.25) is 5.91 Å². The Morgan fingerprint density at radius 2 is 1.67 bits per heavy atom. The monoisotopic (exact) mass is 614 g/mol. The molecule has 0 bridgehead atoms. The highest BCUT2D eigenvalue weighted by Gasteiger charge is 2.24. The summed E-state index contributed by atoms with van der Waals surface area (Å²) < 4.78 is 5.88. The molecule has 0 atom stereocenters. The zero-order chi connectivity index (χ0) is 30.2. The topological polar surface area (TPSA) is 32.8 Å². The van der Waals surface area contributed by atoms with Gasteiger partial charge in [0.25, 0.3) is 0 Å². The zero-order valence-electron chi connectivity index (χ0n) is 25.0. The minimum atomic E-state index is 0.00998. The van der Waals surface area contributed by atoms with Crippen LogP contribution in [0.15, 0.2) is 103 Å². The van der Waals surface area contributed by atoms with E-state index in [-0.39, 0.29) is 18.4 Å². The fraction of sp³-hybridized carbons (Fsp3) is 0.324. The fourth-order valence-corrected chi connectivity index (χ4v) is 6.20. The van der Waals surface area contributed by atoms with Gasteiger partial charge in [-0.05, 0) is 99.1 Å². The second-order valence-electron chi connectivity index (χ2n) is 11.7. The van der Waals surface area contributed by atoms with Crippen molar-refractivity contribution in [2.75, 3.05) is 19.6 Å². The number of ether oxygens (including phenoxy) is 1. The average molecular weight is 616 g/mol. The van der Waals surface area contributed by atoms with E-state index in [4.69, 9.17) is 27.9 Å². The van der Waals surface area contributed by atoms with Crippen LogP contribution in [0.5, 0.6) is 5.75 Å². The van der Waals surface area contributed by atoms with Gasteiger partial charge in [-0.2, -0.15) is 0 Å². The highest BCUT2D eigenvalue weighted by Crippen LogP contribution is 2.33. The SMILES string of the molecule is CC(C)Oc1cccc(CC(=O)N2C=CC=CC(c3ccc(Cl)c(Cl)c3)=C2CCN2CCC(Cc3ccccc3)CC2)c1. The molecule has 43 heavy (non-hydrogen) atoms. The molecule has 4 nitrogen and oxygen atoms in total. The Bertz CT molecular complexity index is 1490. The Morgan fingerprint density at radius 3 is 2.42 bits per heavy atom. The quantitative estimate of drug-likeness (QED) is 0.228. The summed E-state index contributed by atoms with van der Waals surface area (Å²) in [6.45, 7) is 7.01. The minimum Gasteiger partial charge on any atom is -0.491 e. The van der Waals surface area contributed by atoms with Crippen LogP contribution in [0.2, 0.25) is 10.0 Å². The number of carbonyl (C=O) groups is 1. The van der Waals surface area contributed by atoms with Gasteiger partial charge in [0.05, 0.1) is 22.6 Å². The number of benzene rings is 3. The molecular weight excluding hydrogens is 575 g/mol. The lowest BCUT2D eigenvalue weighted by molar-refractivity contribution is -0.126. The molecule has 2 aliphatic rings. The summed E-state index contributed by atoms with van der Waals surface area (Å²) in [5.41, 5.74) is 5.23. The molecule has 0 aliphatic carbocycles. The van der Waals surface area contributed by atoms with Gasteiger partial charge >= 0.3 is 0 Å². The van der Waals surface area contributed by atoms with Crippen LogP contribution in [0, 0.1) is 5.92 Å². The summed E-state index contributed by atoms with van der Waals surface area (Å²) in [5.74, 6) is 1.49. The van der Waals surface area contributed by atoms with Crippen LogP contribution in [-0.2, 0) is 17.6 Å². The predicted molar refractivity (Wildman–Crippen MR) is 178 cm³/mol. The van der Waals surface area contributed by atoms with E-state index in [1.54, 1.807) is 0 Å². The van der Waals surface area contributed by atoms with Crippen LogP contribution >= 0.6 is 23.2 Å². The summed E-state index contributed by atoms with van der Waals surface area (Å²) in [6.07, 6.45) is 12.4. The fourth-order valence-electron chi connectivity index (χ4n) is 5.91. The van der Waals surface area contributed by atoms with Gasteiger partial charge in [-0.1, -0.05) is 83.9 Å². The van der Waals surface area contributed by atoms with Gasteiger partial charge in [-0.25, -0.2) is 0 Å². The van der Waals surface area contributed by atoms with Crippen LogP contribution in [0.1, 0.15) is 49.8 Å². The first kappa shape index (κ1) is 31.1. The van der Waals surface area contributed by atoms with Gasteiger partial charge in [0.15, 0.2) is 0 Å². The summed E-state index contributed by atoms with van der Waals surface area (Å²) in [4.78, 5) is 18.3. The first-order valence-corrected chi connectivity index (χ1v) is 16.0. The van der Waals surface area contributed by atoms with E-state index < -0.39 is 0 Å². The van der Waals surface area contributed by atoms with E-state index in [1.165, 1.54) is 18.4 Å². The Balaban J connectivity index is 1.35. The maximum absolute atomic E-state index is 13.9. The largest absolute Gasteiger partial charge is 0.491 e. The third-order valence-electron chi connectivity index (χ3n) is 8.07. The van der Waals surface area contributed by atoms with Crippen molar-refractivity contribution in [1.29, 1.82) is 0 Å². The highest BCUT2D eigenvalue weighted by atomic mass is 35.5. The van der Waals surface area contributed by atoms with E-state index in [2.05, 4.69) is 41.3 Å². The Morgan fingerprint density at radius 1 is 0.907 bits per heavy atom. The third kappa shape index (κ3) is 8.63. The highest BCUT2D eigenvalue weighted by molar-refractivity contribution is 6.42. The number of piperidine rings is 1. The lowest BCUT2D eigenvalue weighted by atomic mass is 9.90. The maximum Gasteiger partial charge on any atom is 0.235 e. The Hall–Kier alpha value is -3.31. The molecule has 1 saturated heterocycles. The number of likely N-dealkylation sites (tertiary alicyclic amines) is 1. The van der Waals surface area contributed by atoms with Gasteiger partial charge < -0.3 is 9.64 Å². The normalized spacial score (nSPS) is 16.2. The first-order valence-electron chi connectivity index (χ1n) is 15.2. The maximum atomic E-state index is 13.9. The predicted octanol–water partition coefficient (Wildman–Crippen LogP) is 8.99. The molecule has 0 radical (unpaired) electrons. The number of amides is 1. The molecular formula is C37H40Cl2N2O2. The molecule has 2 aliphatic heterocycles. The summed E-state index contributed by atoms with van der Waals surface area (Å²) >= 11 is 12.7. The second-order valence-corrected chi connectivity index (χ2v) is 12.5. The molecule has 2 heterocycles. The van der Waals surface area contributed by atoms with Crippen molar-refractivity contribution in [3.05, 3.63) is 130 Å². The van der Waals surface area contributed by atoms with Crippen molar-refractivity contribution in [1.82, 2.24) is 9.80 Å². The molecule has 3 aromatic carbocycles. The lowest BCUT2D eigenvalue weighted by Gasteiger charge is -2.33. The van der Waals surface area contributed by atoms with Crippen molar-refractivity contribution in [3.63, 3.8) is 0 Å². The van der Waals surface area contributed by atoms with E-state index in [0.29, 0.717) is 16.0 Å². The molecule has 224 valence electrons. The van der Waals surface area contributed by atoms with Crippen molar-refractivity contribution in [3.8, 4) is 5.75 Å². The number of hydrogen-bond acceptors (Lipinski definition) is 3. The summed E-state index contributed by atoms with van der Waals surface area (Å²) in [6, 6.07) is 24.3. The van der Waals surface area contributed by atoms with E-state index in [9.17, 15) is 4.79 Å². The molecule has 1 fully saturated rings. The van der Waals surface area contributed by atoms with Gasteiger partial charge in [0.1, 0.15) is 5.75 Å². The third-order valence-corrected chi connectivity index (χ3v) is 8.81. The lowest BCUT2D eigenvalue weighted by Crippen LogP contribution is -2.36. The van der Waals surface area contributed by atoms with Gasteiger partial charge in [0, 0.05) is 30.4 Å². The molecule has 3 aromatic rings. The molecule has 6 heteroatoms. The van der Waals surface area contributed by atoms with Crippen LogP contribution in [0.3, 0.4) is 0 Å². The van der Waals surface area contributed by atoms with Gasteiger partial charge in [-0.3, -0.25) is 9.69 Å². The molecule has 0 aromatic heterocycles. The summed E-state index contributed by atoms with van der Waals surface area (Å²) in [5, 5.41) is 1.01. The number of hydrogen-bond donors (Lipinski definition) is 0. The molecule has 0 N–H and O–H groups in total. The number of carbonyl (C=O) groups excluding carboxylic acids is 1. The van der Waals surface area contributed by atoms with Crippen molar-refractivity contribution in [2.24, 2.45) is 5.92 Å². The van der Waals surface area contributed by atoms with E-state index in [0.717, 1.165) is 60.6 Å². The Labute approximate surface area is 266 Å². The Kier molecular flexibility index (Phi) is 10.8. The smallest absolute Gasteiger partial charge is 0.235 e. The van der Waals surface area contributed by atoms with E-state index >= 15 is 0 Å². The van der Waals surface area contributed by atoms with Crippen LogP contribution in [-0.4, -0.2) is 41.4 Å². The molecule has 0 unspecified atom stereocenters. The minimum absolute atomic E-state index is 0.00998. The number of rotatable bonds is 10. The van der Waals surface area contributed by atoms with Crippen molar-refractivity contribution in [2.45, 2.75) is 52.1 Å². The number of halogens is 2. The molecule has 0 spiro atoms. The van der Waals surface area contributed by atoms with E-state index in [1.807, 2.05) is 79.6 Å². The van der Waals surface area contributed by atoms with Crippen molar-refractivity contribution >= 4 is 34.7 Å². The molecule has 5 rings (SSSR count). The van der Waals surface area contributed by atoms with Gasteiger partial charge in [-0.15, -0.1) is 0 Å². The number of allylic oxidation sites excluding steroid dienone is 4. The van der Waals surface area contributed by atoms with Crippen LogP contribution in [0.4, 0.5) is 0 Å². The number of nitrogens with zero attached hydrogens (tertiary/aromatic N) is 2. The van der Waals surface area contributed by atoms with Crippen LogP contribution in [0.25, 0.3) is 5.57 Å². The van der Waals surface area contributed by atoms with Crippen molar-refractivity contribution < 1.29 is 9.53 Å². The molecule has 1 amide bonds. The molecule has 0 saturated carbocycles. The first-order chi connectivity index (χ1) is 20.9. The second kappa shape index (κ2) is 14.9. The standard InChI is InChI=1S/C37H40Cl2N2O2/c1-27(2)43-32-12-8-11-30(24-32)25-37(42)41-19-7-6-13-33(31-14-15-34(38)35(39)26-31)36(41)18-22-40-20-16-29(17-21-40)23-28-9-4-3-5-10-28/h3-15,19,24,26-27,29H,16-18,20-23,25H2,1-2H3. The summed E-state index contributed by atoms with van der Waals surface area (Å²) in [7, 11) is 0. The average Bonchev–Trinajstić information content (AvgIpc) is 3.21. The van der Waals surface area contributed by atoms with Crippen LogP contribution < -0.4 is 4.74 Å². The zero-order valence-corrected chi connectivity index (χ0v) is 26.5.